The first kappa shape index (κ1) is 19.2. The number of likely N-dealkylation sites (tertiary alicyclic amines) is 1. The smallest absolute Gasteiger partial charge is 0.222 e. The van der Waals surface area contributed by atoms with Crippen LogP contribution in [-0.4, -0.2) is 51.4 Å². The highest BCUT2D eigenvalue weighted by molar-refractivity contribution is 6.30. The van der Waals surface area contributed by atoms with Crippen molar-refractivity contribution in [3.05, 3.63) is 16.4 Å². The number of halogens is 1. The van der Waals surface area contributed by atoms with E-state index in [-0.39, 0.29) is 25.0 Å². The van der Waals surface area contributed by atoms with Crippen LogP contribution >= 0.6 is 11.6 Å². The second kappa shape index (κ2) is 8.32. The molecule has 0 aliphatic carbocycles. The van der Waals surface area contributed by atoms with Crippen LogP contribution in [0.2, 0.25) is 5.15 Å². The van der Waals surface area contributed by atoms with Gasteiger partial charge in [0.25, 0.3) is 0 Å². The van der Waals surface area contributed by atoms with Gasteiger partial charge in [0.15, 0.2) is 0 Å². The molecule has 2 rings (SSSR count). The predicted octanol–water partition coefficient (Wildman–Crippen LogP) is 1.59. The van der Waals surface area contributed by atoms with Crippen LogP contribution in [0.15, 0.2) is 0 Å². The molecular weight excluding hydrogens is 328 g/mol. The van der Waals surface area contributed by atoms with Gasteiger partial charge in [-0.2, -0.15) is 5.10 Å². The number of carbonyl (C=O) groups is 1. The summed E-state index contributed by atoms with van der Waals surface area (Å²) in [5, 5.41) is 17.2. The quantitative estimate of drug-likeness (QED) is 0.778. The normalized spacial score (nSPS) is 21.6. The van der Waals surface area contributed by atoms with Gasteiger partial charge < -0.3 is 10.4 Å². The van der Waals surface area contributed by atoms with E-state index in [1.807, 2.05) is 7.05 Å². The fourth-order valence-electron chi connectivity index (χ4n) is 3.52. The number of aryl methyl sites for hydroxylation is 2. The largest absolute Gasteiger partial charge is 0.396 e. The fourth-order valence-corrected chi connectivity index (χ4v) is 3.72. The van der Waals surface area contributed by atoms with Gasteiger partial charge in [-0.15, -0.1) is 0 Å². The van der Waals surface area contributed by atoms with Crippen LogP contribution in [-0.2, 0) is 24.8 Å². The summed E-state index contributed by atoms with van der Waals surface area (Å²) in [6.07, 6.45) is 1.02. The highest BCUT2D eigenvalue weighted by Gasteiger charge is 2.36. The fraction of sp³-hybridized carbons (Fsp3) is 0.765. The van der Waals surface area contributed by atoms with Crippen LogP contribution in [0.1, 0.15) is 38.4 Å². The van der Waals surface area contributed by atoms with E-state index in [2.05, 4.69) is 36.1 Å². The lowest BCUT2D eigenvalue weighted by Gasteiger charge is -2.22. The highest BCUT2D eigenvalue weighted by Crippen LogP contribution is 2.28. The third-order valence-electron chi connectivity index (χ3n) is 4.85. The maximum absolute atomic E-state index is 11.9. The lowest BCUT2D eigenvalue weighted by Crippen LogP contribution is -2.42. The van der Waals surface area contributed by atoms with Gasteiger partial charge in [0.1, 0.15) is 5.15 Å². The van der Waals surface area contributed by atoms with Gasteiger partial charge in [-0.1, -0.05) is 32.4 Å². The molecule has 24 heavy (non-hydrogen) atoms. The monoisotopic (exact) mass is 356 g/mol. The van der Waals surface area contributed by atoms with Crippen LogP contribution in [0.3, 0.4) is 0 Å². The molecule has 2 heterocycles. The maximum atomic E-state index is 11.9. The second-order valence-corrected chi connectivity index (χ2v) is 7.30. The third kappa shape index (κ3) is 4.29. The molecule has 0 bridgehead atoms. The molecule has 1 aliphatic rings. The SMILES string of the molecule is CCc1nn(C)c(Cl)c1CN1C[C@H](NC(=O)CCO)[C@@H](C(C)C)C1. The van der Waals surface area contributed by atoms with Gasteiger partial charge in [0, 0.05) is 44.7 Å². The van der Waals surface area contributed by atoms with E-state index in [1.54, 1.807) is 4.68 Å². The summed E-state index contributed by atoms with van der Waals surface area (Å²) in [5.74, 6) is 0.793. The second-order valence-electron chi connectivity index (χ2n) is 6.94. The van der Waals surface area contributed by atoms with Crippen molar-refractivity contribution in [1.82, 2.24) is 20.0 Å². The standard InChI is InChI=1S/C17H29ClN4O2/c1-5-14-13(17(18)21(4)20-14)9-22-8-12(11(2)3)15(10-22)19-16(24)6-7-23/h11-12,15,23H,5-10H2,1-4H3,(H,19,24)/t12-,15+/m1/s1. The predicted molar refractivity (Wildman–Crippen MR) is 94.8 cm³/mol. The van der Waals surface area contributed by atoms with E-state index in [0.29, 0.717) is 17.0 Å². The molecule has 7 heteroatoms. The Balaban J connectivity index is 2.09. The summed E-state index contributed by atoms with van der Waals surface area (Å²) in [6, 6.07) is 0.115. The van der Waals surface area contributed by atoms with Gasteiger partial charge in [-0.05, 0) is 18.3 Å². The van der Waals surface area contributed by atoms with Gasteiger partial charge in [-0.25, -0.2) is 0 Å². The number of hydrogen-bond donors (Lipinski definition) is 2. The van der Waals surface area contributed by atoms with Crippen molar-refractivity contribution >= 4 is 17.5 Å². The minimum absolute atomic E-state index is 0.0799. The lowest BCUT2D eigenvalue weighted by molar-refractivity contribution is -0.122. The summed E-state index contributed by atoms with van der Waals surface area (Å²) in [5.41, 5.74) is 2.13. The van der Waals surface area contributed by atoms with Crippen molar-refractivity contribution in [2.24, 2.45) is 18.9 Å². The van der Waals surface area contributed by atoms with Gasteiger partial charge in [0.2, 0.25) is 5.91 Å². The zero-order valence-corrected chi connectivity index (χ0v) is 15.8. The van der Waals surface area contributed by atoms with Gasteiger partial charge in [0.05, 0.1) is 12.3 Å². The molecule has 1 aromatic rings. The Kier molecular flexibility index (Phi) is 6.66. The van der Waals surface area contributed by atoms with Gasteiger partial charge >= 0.3 is 0 Å². The third-order valence-corrected chi connectivity index (χ3v) is 5.32. The van der Waals surface area contributed by atoms with Crippen molar-refractivity contribution in [2.75, 3.05) is 19.7 Å². The van der Waals surface area contributed by atoms with E-state index in [0.717, 1.165) is 37.3 Å². The number of aromatic nitrogens is 2. The number of aliphatic hydroxyl groups excluding tert-OH is 1. The molecule has 136 valence electrons. The van der Waals surface area contributed by atoms with E-state index in [1.165, 1.54) is 0 Å². The maximum Gasteiger partial charge on any atom is 0.222 e. The van der Waals surface area contributed by atoms with Crippen LogP contribution < -0.4 is 5.32 Å². The minimum Gasteiger partial charge on any atom is -0.396 e. The molecule has 1 saturated heterocycles. The Morgan fingerprint density at radius 2 is 2.17 bits per heavy atom. The molecule has 2 atom stereocenters. The molecule has 1 aliphatic heterocycles. The molecule has 0 aromatic carbocycles. The molecule has 1 amide bonds. The average molecular weight is 357 g/mol. The molecule has 1 fully saturated rings. The molecule has 2 N–H and O–H groups in total. The van der Waals surface area contributed by atoms with E-state index < -0.39 is 0 Å². The highest BCUT2D eigenvalue weighted by atomic mass is 35.5. The Morgan fingerprint density at radius 3 is 2.75 bits per heavy atom. The number of rotatable bonds is 7. The summed E-state index contributed by atoms with van der Waals surface area (Å²) in [4.78, 5) is 14.2. The molecule has 0 radical (unpaired) electrons. The first-order valence-electron chi connectivity index (χ1n) is 8.70. The van der Waals surface area contributed by atoms with Crippen LogP contribution in [0.5, 0.6) is 0 Å². The Labute approximate surface area is 149 Å². The van der Waals surface area contributed by atoms with E-state index in [4.69, 9.17) is 16.7 Å². The average Bonchev–Trinajstić information content (AvgIpc) is 3.03. The molecule has 1 aromatic heterocycles. The summed E-state index contributed by atoms with van der Waals surface area (Å²) in [6.45, 7) is 8.83. The number of aliphatic hydroxyl groups is 1. The Morgan fingerprint density at radius 1 is 1.46 bits per heavy atom. The Bertz CT molecular complexity index is 573. The van der Waals surface area contributed by atoms with Crippen LogP contribution in [0.4, 0.5) is 0 Å². The van der Waals surface area contributed by atoms with Crippen LogP contribution in [0, 0.1) is 11.8 Å². The van der Waals surface area contributed by atoms with Crippen molar-refractivity contribution in [3.63, 3.8) is 0 Å². The first-order chi connectivity index (χ1) is 11.4. The number of amides is 1. The van der Waals surface area contributed by atoms with Crippen molar-refractivity contribution in [2.45, 2.75) is 46.2 Å². The molecule has 0 saturated carbocycles. The first-order valence-corrected chi connectivity index (χ1v) is 9.07. The molecule has 0 spiro atoms. The summed E-state index contributed by atoms with van der Waals surface area (Å²) < 4.78 is 1.73. The number of hydrogen-bond acceptors (Lipinski definition) is 4. The topological polar surface area (TPSA) is 70.4 Å². The minimum atomic E-state index is -0.111. The molecular formula is C17H29ClN4O2. The van der Waals surface area contributed by atoms with Crippen LogP contribution in [0.25, 0.3) is 0 Å². The number of carbonyl (C=O) groups excluding carboxylic acids is 1. The van der Waals surface area contributed by atoms with E-state index in [9.17, 15) is 4.79 Å². The molecule has 6 nitrogen and oxygen atoms in total. The van der Waals surface area contributed by atoms with E-state index >= 15 is 0 Å². The lowest BCUT2D eigenvalue weighted by atomic mass is 9.91. The van der Waals surface area contributed by atoms with Gasteiger partial charge in [-0.3, -0.25) is 14.4 Å². The molecule has 0 unspecified atom stereocenters. The summed E-state index contributed by atoms with van der Waals surface area (Å²) in [7, 11) is 1.86. The van der Waals surface area contributed by atoms with Crippen molar-refractivity contribution in [1.29, 1.82) is 0 Å². The Hall–Kier alpha value is -1.11. The number of nitrogens with one attached hydrogen (secondary N) is 1. The zero-order chi connectivity index (χ0) is 17.9. The summed E-state index contributed by atoms with van der Waals surface area (Å²) >= 11 is 6.41. The van der Waals surface area contributed by atoms with Crippen molar-refractivity contribution < 1.29 is 9.90 Å². The zero-order valence-electron chi connectivity index (χ0n) is 15.0. The van der Waals surface area contributed by atoms with Crippen molar-refractivity contribution in [3.8, 4) is 0 Å². The number of nitrogens with zero attached hydrogens (tertiary/aromatic N) is 3.